The van der Waals surface area contributed by atoms with E-state index < -0.39 is 6.04 Å². The number of amides is 2. The molecule has 2 rings (SSSR count). The number of hydrogen-bond donors (Lipinski definition) is 1. The molecule has 4 heteroatoms. The number of hydrogen-bond acceptors (Lipinski definition) is 2. The average Bonchev–Trinajstić information content (AvgIpc) is 2.69. The smallest absolute Gasteiger partial charge is 0.242 e. The van der Waals surface area contributed by atoms with Crippen molar-refractivity contribution in [1.82, 2.24) is 10.2 Å². The van der Waals surface area contributed by atoms with Gasteiger partial charge >= 0.3 is 0 Å². The lowest BCUT2D eigenvalue weighted by Gasteiger charge is -2.31. The van der Waals surface area contributed by atoms with E-state index in [4.69, 9.17) is 0 Å². The third kappa shape index (κ3) is 6.72. The fourth-order valence-electron chi connectivity index (χ4n) is 3.54. The van der Waals surface area contributed by atoms with Crippen LogP contribution in [-0.4, -0.2) is 29.3 Å². The van der Waals surface area contributed by atoms with Gasteiger partial charge in [-0.15, -0.1) is 0 Å². The van der Waals surface area contributed by atoms with Crippen molar-refractivity contribution in [2.75, 3.05) is 6.54 Å². The van der Waals surface area contributed by atoms with E-state index >= 15 is 0 Å². The normalized spacial score (nSPS) is 12.0. The van der Waals surface area contributed by atoms with Crippen LogP contribution in [0.3, 0.4) is 0 Å². The molecule has 0 saturated carbocycles. The van der Waals surface area contributed by atoms with Gasteiger partial charge < -0.3 is 10.2 Å². The van der Waals surface area contributed by atoms with E-state index in [9.17, 15) is 9.59 Å². The fraction of sp³-hybridized carbons (Fsp3) is 0.462. The molecule has 0 aliphatic carbocycles. The first kappa shape index (κ1) is 23.7. The maximum absolute atomic E-state index is 13.4. The molecule has 0 saturated heterocycles. The van der Waals surface area contributed by atoms with Crippen molar-refractivity contribution in [2.24, 2.45) is 5.92 Å². The summed E-state index contributed by atoms with van der Waals surface area (Å²) in [4.78, 5) is 28.1. The van der Waals surface area contributed by atoms with E-state index in [-0.39, 0.29) is 11.8 Å². The van der Waals surface area contributed by atoms with Gasteiger partial charge in [-0.2, -0.15) is 0 Å². The predicted octanol–water partition coefficient (Wildman–Crippen LogP) is 4.73. The van der Waals surface area contributed by atoms with Gasteiger partial charge in [0.05, 0.1) is 6.42 Å². The van der Waals surface area contributed by atoms with Crippen LogP contribution in [0.1, 0.15) is 55.0 Å². The first-order valence-corrected chi connectivity index (χ1v) is 10.9. The lowest BCUT2D eigenvalue weighted by Crippen LogP contribution is -2.50. The van der Waals surface area contributed by atoms with Crippen LogP contribution >= 0.6 is 0 Å². The zero-order chi connectivity index (χ0) is 22.3. The molecular weight excluding hydrogens is 372 g/mol. The molecule has 0 heterocycles. The topological polar surface area (TPSA) is 49.4 Å². The number of carbonyl (C=O) groups excluding carboxylic acids is 2. The van der Waals surface area contributed by atoms with Gasteiger partial charge in [0.25, 0.3) is 0 Å². The van der Waals surface area contributed by atoms with E-state index in [0.29, 0.717) is 31.8 Å². The van der Waals surface area contributed by atoms with Gasteiger partial charge in [0.1, 0.15) is 6.04 Å². The van der Waals surface area contributed by atoms with Crippen LogP contribution in [-0.2, 0) is 22.6 Å². The molecule has 30 heavy (non-hydrogen) atoms. The van der Waals surface area contributed by atoms with Crippen molar-refractivity contribution in [1.29, 1.82) is 0 Å². The summed E-state index contributed by atoms with van der Waals surface area (Å²) in [6, 6.07) is 13.8. The van der Waals surface area contributed by atoms with E-state index in [1.54, 1.807) is 4.90 Å². The molecular formula is C26H36N2O2. The van der Waals surface area contributed by atoms with Crippen LogP contribution in [0.5, 0.6) is 0 Å². The molecule has 1 atom stereocenters. The number of nitrogens with zero attached hydrogens (tertiary/aromatic N) is 1. The summed E-state index contributed by atoms with van der Waals surface area (Å²) in [5.41, 5.74) is 5.55. The van der Waals surface area contributed by atoms with Crippen molar-refractivity contribution in [3.8, 4) is 0 Å². The maximum Gasteiger partial charge on any atom is 0.242 e. The standard InChI is InChI=1S/C26H36N2O2/c1-7-24(26(30)27-16-18(2)3)28(17-23-10-8-9-19(4)13-23)25(29)15-22-12-11-20(5)21(6)14-22/h8-14,18,24H,7,15-17H2,1-6H3,(H,27,30)/t24-/m0/s1. The van der Waals surface area contributed by atoms with Gasteiger partial charge in [0.2, 0.25) is 11.8 Å². The fourth-order valence-corrected chi connectivity index (χ4v) is 3.54. The molecule has 2 aromatic carbocycles. The third-order valence-electron chi connectivity index (χ3n) is 5.43. The summed E-state index contributed by atoms with van der Waals surface area (Å²) in [6.07, 6.45) is 0.870. The molecule has 0 aliphatic heterocycles. The summed E-state index contributed by atoms with van der Waals surface area (Å²) in [7, 11) is 0. The number of nitrogens with one attached hydrogen (secondary N) is 1. The average molecular weight is 409 g/mol. The van der Waals surface area contributed by atoms with Crippen LogP contribution in [0, 0.1) is 26.7 Å². The summed E-state index contributed by atoms with van der Waals surface area (Å²) < 4.78 is 0. The lowest BCUT2D eigenvalue weighted by atomic mass is 10.0. The van der Waals surface area contributed by atoms with Gasteiger partial charge in [-0.1, -0.05) is 68.8 Å². The summed E-state index contributed by atoms with van der Waals surface area (Å²) >= 11 is 0. The van der Waals surface area contributed by atoms with Crippen molar-refractivity contribution in [3.05, 3.63) is 70.3 Å². The quantitative estimate of drug-likeness (QED) is 0.652. The van der Waals surface area contributed by atoms with Gasteiger partial charge in [-0.3, -0.25) is 9.59 Å². The zero-order valence-electron chi connectivity index (χ0n) is 19.3. The van der Waals surface area contributed by atoms with E-state index in [1.165, 1.54) is 11.1 Å². The largest absolute Gasteiger partial charge is 0.354 e. The van der Waals surface area contributed by atoms with E-state index in [0.717, 1.165) is 16.7 Å². The second kappa shape index (κ2) is 11.0. The molecule has 4 nitrogen and oxygen atoms in total. The van der Waals surface area contributed by atoms with Crippen LogP contribution in [0.15, 0.2) is 42.5 Å². The number of carbonyl (C=O) groups is 2. The van der Waals surface area contributed by atoms with Crippen molar-refractivity contribution < 1.29 is 9.59 Å². The van der Waals surface area contributed by atoms with E-state index in [2.05, 4.69) is 51.2 Å². The summed E-state index contributed by atoms with van der Waals surface area (Å²) in [5, 5.41) is 3.01. The highest BCUT2D eigenvalue weighted by Gasteiger charge is 2.28. The Balaban J connectivity index is 2.29. The highest BCUT2D eigenvalue weighted by atomic mass is 16.2. The molecule has 2 aromatic rings. The second-order valence-electron chi connectivity index (χ2n) is 8.67. The van der Waals surface area contributed by atoms with Crippen molar-refractivity contribution >= 4 is 11.8 Å². The Bertz CT molecular complexity index is 873. The lowest BCUT2D eigenvalue weighted by molar-refractivity contribution is -0.141. The van der Waals surface area contributed by atoms with Crippen LogP contribution in [0.2, 0.25) is 0 Å². The predicted molar refractivity (Wildman–Crippen MR) is 123 cm³/mol. The Morgan fingerprint density at radius 2 is 1.70 bits per heavy atom. The molecule has 0 radical (unpaired) electrons. The molecule has 0 unspecified atom stereocenters. The van der Waals surface area contributed by atoms with Crippen LogP contribution < -0.4 is 5.32 Å². The van der Waals surface area contributed by atoms with E-state index in [1.807, 2.05) is 38.1 Å². The van der Waals surface area contributed by atoms with Crippen molar-refractivity contribution in [2.45, 2.75) is 67.0 Å². The minimum atomic E-state index is -0.483. The van der Waals surface area contributed by atoms with Crippen molar-refractivity contribution in [3.63, 3.8) is 0 Å². The maximum atomic E-state index is 13.4. The minimum absolute atomic E-state index is 0.0219. The molecule has 0 spiro atoms. The highest BCUT2D eigenvalue weighted by Crippen LogP contribution is 2.17. The number of aryl methyl sites for hydroxylation is 3. The molecule has 162 valence electrons. The molecule has 2 amide bonds. The Hall–Kier alpha value is -2.62. The van der Waals surface area contributed by atoms with Gasteiger partial charge in [0.15, 0.2) is 0 Å². The SMILES string of the molecule is CC[C@@H](C(=O)NCC(C)C)N(Cc1cccc(C)c1)C(=O)Cc1ccc(C)c(C)c1. The highest BCUT2D eigenvalue weighted by molar-refractivity contribution is 5.88. The summed E-state index contributed by atoms with van der Waals surface area (Å²) in [6.45, 7) is 13.3. The van der Waals surface area contributed by atoms with Crippen LogP contribution in [0.4, 0.5) is 0 Å². The molecule has 0 aromatic heterocycles. The minimum Gasteiger partial charge on any atom is -0.354 e. The number of rotatable bonds is 9. The van der Waals surface area contributed by atoms with Crippen LogP contribution in [0.25, 0.3) is 0 Å². The first-order valence-electron chi connectivity index (χ1n) is 10.9. The Morgan fingerprint density at radius 3 is 2.30 bits per heavy atom. The monoisotopic (exact) mass is 408 g/mol. The summed E-state index contributed by atoms with van der Waals surface area (Å²) in [5.74, 6) is 0.265. The Morgan fingerprint density at radius 1 is 0.967 bits per heavy atom. The molecule has 0 fully saturated rings. The molecule has 1 N–H and O–H groups in total. The zero-order valence-corrected chi connectivity index (χ0v) is 19.3. The number of benzene rings is 2. The van der Waals surface area contributed by atoms with Gasteiger partial charge in [-0.25, -0.2) is 0 Å². The Kier molecular flexibility index (Phi) is 8.64. The second-order valence-corrected chi connectivity index (χ2v) is 8.67. The third-order valence-corrected chi connectivity index (χ3v) is 5.43. The Labute approximate surface area is 181 Å². The molecule has 0 aliphatic rings. The van der Waals surface area contributed by atoms with Gasteiger partial charge in [0, 0.05) is 13.1 Å². The molecule has 0 bridgehead atoms. The first-order chi connectivity index (χ1) is 14.2. The van der Waals surface area contributed by atoms with Gasteiger partial charge in [-0.05, 0) is 55.4 Å².